The maximum absolute atomic E-state index is 11.8. The number of ether oxygens (including phenoxy) is 3. The lowest BCUT2D eigenvalue weighted by Gasteiger charge is -2.19. The molecule has 0 unspecified atom stereocenters. The Bertz CT molecular complexity index is 1330. The van der Waals surface area contributed by atoms with E-state index in [1.165, 1.54) is 5.39 Å². The first-order chi connectivity index (χ1) is 13.2. The van der Waals surface area contributed by atoms with E-state index in [4.69, 9.17) is 9.47 Å². The Labute approximate surface area is 152 Å². The lowest BCUT2D eigenvalue weighted by molar-refractivity contribution is 0.0880. The summed E-state index contributed by atoms with van der Waals surface area (Å²) >= 11 is 0. The summed E-state index contributed by atoms with van der Waals surface area (Å²) in [7, 11) is 0. The molecule has 0 saturated carbocycles. The van der Waals surface area contributed by atoms with Crippen molar-refractivity contribution >= 4 is 55.4 Å². The van der Waals surface area contributed by atoms with Crippen molar-refractivity contribution in [2.24, 2.45) is 0 Å². The molecular formula is C22H10O5. The van der Waals surface area contributed by atoms with Crippen LogP contribution in [0.25, 0.3) is 43.1 Å². The number of carbonyl (C=O) groups is 2. The van der Waals surface area contributed by atoms with E-state index in [2.05, 4.69) is 29.0 Å². The number of hydrogen-bond acceptors (Lipinski definition) is 5. The van der Waals surface area contributed by atoms with Crippen molar-refractivity contribution in [3.8, 4) is 11.5 Å². The number of rotatable bonds is 0. The first-order valence-electron chi connectivity index (χ1n) is 8.44. The molecule has 0 bridgehead atoms. The van der Waals surface area contributed by atoms with Gasteiger partial charge in [0.05, 0.1) is 5.39 Å². The Hall–Kier alpha value is -3.86. The fourth-order valence-corrected chi connectivity index (χ4v) is 4.13. The summed E-state index contributed by atoms with van der Waals surface area (Å²) in [5.74, 6) is 0.601. The molecule has 0 radical (unpaired) electrons. The molecule has 128 valence electrons. The van der Waals surface area contributed by atoms with Gasteiger partial charge in [0.15, 0.2) is 0 Å². The molecule has 5 nitrogen and oxygen atoms in total. The van der Waals surface area contributed by atoms with E-state index in [0.29, 0.717) is 16.9 Å². The van der Waals surface area contributed by atoms with Crippen LogP contribution < -0.4 is 9.47 Å². The minimum Gasteiger partial charge on any atom is -0.394 e. The molecule has 6 rings (SSSR count). The molecule has 5 aromatic carbocycles. The lowest BCUT2D eigenvalue weighted by Crippen LogP contribution is -2.21. The zero-order valence-corrected chi connectivity index (χ0v) is 13.8. The van der Waals surface area contributed by atoms with Crippen LogP contribution >= 0.6 is 0 Å². The second-order valence-corrected chi connectivity index (χ2v) is 6.49. The molecule has 0 aromatic heterocycles. The molecule has 27 heavy (non-hydrogen) atoms. The van der Waals surface area contributed by atoms with Gasteiger partial charge in [0.1, 0.15) is 11.5 Å². The summed E-state index contributed by atoms with van der Waals surface area (Å²) in [4.78, 5) is 23.5. The molecule has 0 fully saturated rings. The zero-order chi connectivity index (χ0) is 18.1. The second kappa shape index (κ2) is 4.86. The van der Waals surface area contributed by atoms with Crippen LogP contribution in [0.2, 0.25) is 0 Å². The van der Waals surface area contributed by atoms with Gasteiger partial charge in [0.25, 0.3) is 0 Å². The first-order valence-corrected chi connectivity index (χ1v) is 8.44. The molecule has 5 aromatic rings. The van der Waals surface area contributed by atoms with Crippen molar-refractivity contribution in [3.63, 3.8) is 0 Å². The van der Waals surface area contributed by atoms with Gasteiger partial charge in [0.2, 0.25) is 0 Å². The number of hydrogen-bond donors (Lipinski definition) is 0. The number of fused-ring (bicyclic) bond motifs is 2. The molecular weight excluding hydrogens is 344 g/mol. The normalized spacial score (nSPS) is 14.2. The molecule has 1 heterocycles. The Morgan fingerprint density at radius 1 is 0.481 bits per heavy atom. The van der Waals surface area contributed by atoms with Crippen molar-refractivity contribution in [2.45, 2.75) is 0 Å². The van der Waals surface area contributed by atoms with Crippen molar-refractivity contribution in [1.29, 1.82) is 0 Å². The summed E-state index contributed by atoms with van der Waals surface area (Å²) in [6, 6.07) is 19.6. The van der Waals surface area contributed by atoms with E-state index >= 15 is 0 Å². The van der Waals surface area contributed by atoms with Crippen molar-refractivity contribution in [1.82, 2.24) is 0 Å². The highest BCUT2D eigenvalue weighted by Crippen LogP contribution is 2.46. The van der Waals surface area contributed by atoms with Crippen LogP contribution in [0.1, 0.15) is 0 Å². The lowest BCUT2D eigenvalue weighted by atomic mass is 9.89. The number of benzene rings is 5. The molecule has 5 heteroatoms. The predicted molar refractivity (Wildman–Crippen MR) is 101 cm³/mol. The molecule has 0 spiro atoms. The van der Waals surface area contributed by atoms with E-state index in [1.807, 2.05) is 24.3 Å². The Kier molecular flexibility index (Phi) is 2.58. The first kappa shape index (κ1) is 14.3. The van der Waals surface area contributed by atoms with Gasteiger partial charge in [-0.15, -0.1) is 0 Å². The standard InChI is InChI=1S/C22H10O5/c23-21-25-16-9-7-14-12-5-1-3-11-4-2-6-13(18(11)12)15-8-10-17(20(16)19(14)15)26-22(24)27-21/h1-10H. The van der Waals surface area contributed by atoms with E-state index in [9.17, 15) is 9.59 Å². The average Bonchev–Trinajstić information content (AvgIpc) is 2.66. The fourth-order valence-electron chi connectivity index (χ4n) is 4.13. The largest absolute Gasteiger partial charge is 0.524 e. The Morgan fingerprint density at radius 3 is 1.56 bits per heavy atom. The summed E-state index contributed by atoms with van der Waals surface area (Å²) in [5.41, 5.74) is 0. The van der Waals surface area contributed by atoms with Gasteiger partial charge in [-0.2, -0.15) is 0 Å². The van der Waals surface area contributed by atoms with E-state index in [-0.39, 0.29) is 0 Å². The average molecular weight is 354 g/mol. The number of carbonyl (C=O) groups excluding carboxylic acids is 2. The monoisotopic (exact) mass is 354 g/mol. The fraction of sp³-hybridized carbons (Fsp3) is 0. The highest BCUT2D eigenvalue weighted by atomic mass is 16.8. The van der Waals surface area contributed by atoms with E-state index < -0.39 is 12.3 Å². The van der Waals surface area contributed by atoms with Gasteiger partial charge >= 0.3 is 12.3 Å². The molecule has 1 aliphatic heterocycles. The van der Waals surface area contributed by atoms with Crippen molar-refractivity contribution < 1.29 is 23.8 Å². The smallest absolute Gasteiger partial charge is 0.394 e. The maximum Gasteiger partial charge on any atom is 0.524 e. The van der Waals surface area contributed by atoms with Gasteiger partial charge in [-0.1, -0.05) is 36.4 Å². The highest BCUT2D eigenvalue weighted by molar-refractivity contribution is 6.34. The van der Waals surface area contributed by atoms with Crippen LogP contribution in [0.3, 0.4) is 0 Å². The molecule has 0 amide bonds. The highest BCUT2D eigenvalue weighted by Gasteiger charge is 2.25. The van der Waals surface area contributed by atoms with Crippen LogP contribution in [0.15, 0.2) is 60.7 Å². The van der Waals surface area contributed by atoms with E-state index in [0.717, 1.165) is 32.3 Å². The van der Waals surface area contributed by atoms with Crippen LogP contribution in [0.4, 0.5) is 9.59 Å². The number of cyclic esters (lactones) is 2. The second-order valence-electron chi connectivity index (χ2n) is 6.49. The quantitative estimate of drug-likeness (QED) is 0.116. The van der Waals surface area contributed by atoms with Gasteiger partial charge in [-0.25, -0.2) is 9.59 Å². The van der Waals surface area contributed by atoms with Gasteiger partial charge in [-0.05, 0) is 56.6 Å². The minimum absolute atomic E-state index is 0.301. The topological polar surface area (TPSA) is 61.8 Å². The third kappa shape index (κ3) is 1.83. The predicted octanol–water partition coefficient (Wildman–Crippen LogP) is 5.77. The third-order valence-electron chi connectivity index (χ3n) is 5.12. The van der Waals surface area contributed by atoms with Gasteiger partial charge in [-0.3, -0.25) is 0 Å². The van der Waals surface area contributed by atoms with Crippen LogP contribution in [0, 0.1) is 0 Å². The van der Waals surface area contributed by atoms with Gasteiger partial charge in [0, 0.05) is 5.39 Å². The van der Waals surface area contributed by atoms with Crippen LogP contribution in [0.5, 0.6) is 11.5 Å². The zero-order valence-electron chi connectivity index (χ0n) is 13.8. The van der Waals surface area contributed by atoms with Crippen LogP contribution in [-0.4, -0.2) is 12.3 Å². The summed E-state index contributed by atoms with van der Waals surface area (Å²) < 4.78 is 15.0. The molecule has 1 aliphatic rings. The van der Waals surface area contributed by atoms with E-state index in [1.54, 1.807) is 12.1 Å². The van der Waals surface area contributed by atoms with Crippen LogP contribution in [-0.2, 0) is 4.74 Å². The maximum atomic E-state index is 11.8. The summed E-state index contributed by atoms with van der Waals surface area (Å²) in [6.07, 6.45) is -2.21. The minimum atomic E-state index is -1.11. The summed E-state index contributed by atoms with van der Waals surface area (Å²) in [5, 5.41) is 8.00. The van der Waals surface area contributed by atoms with Crippen molar-refractivity contribution in [3.05, 3.63) is 60.7 Å². The van der Waals surface area contributed by atoms with Crippen molar-refractivity contribution in [2.75, 3.05) is 0 Å². The Morgan fingerprint density at radius 2 is 1.00 bits per heavy atom. The molecule has 0 saturated heterocycles. The summed E-state index contributed by atoms with van der Waals surface area (Å²) in [6.45, 7) is 0. The molecule has 0 aliphatic carbocycles. The van der Waals surface area contributed by atoms with Gasteiger partial charge < -0.3 is 14.2 Å². The molecule has 0 N–H and O–H groups in total. The third-order valence-corrected chi connectivity index (χ3v) is 5.12. The molecule has 0 atom stereocenters. The Balaban J connectivity index is 1.91. The SMILES string of the molecule is O=C1OC(=O)Oc2ccc3c4cccc5cccc(c6ccc(c2c63)O1)c54.